The Morgan fingerprint density at radius 2 is 2.03 bits per heavy atom. The molecule has 29 heavy (non-hydrogen) atoms. The topological polar surface area (TPSA) is 85.6 Å². The van der Waals surface area contributed by atoms with Crippen LogP contribution in [0.5, 0.6) is 0 Å². The van der Waals surface area contributed by atoms with Gasteiger partial charge in [-0.1, -0.05) is 26.0 Å². The molecular weight excluding hydrogens is 384 g/mol. The van der Waals surface area contributed by atoms with E-state index in [2.05, 4.69) is 25.4 Å². The first-order valence-electron chi connectivity index (χ1n) is 9.27. The van der Waals surface area contributed by atoms with Gasteiger partial charge in [0.05, 0.1) is 40.3 Å². The van der Waals surface area contributed by atoms with Crippen LogP contribution in [0, 0.1) is 0 Å². The molecule has 0 aromatic carbocycles. The molecule has 0 aliphatic carbocycles. The summed E-state index contributed by atoms with van der Waals surface area (Å²) in [6, 6.07) is 11.5. The van der Waals surface area contributed by atoms with Crippen molar-refractivity contribution in [1.29, 1.82) is 0 Å². The monoisotopic (exact) mass is 404 g/mol. The molecule has 4 heterocycles. The normalized spacial score (nSPS) is 11.0. The summed E-state index contributed by atoms with van der Waals surface area (Å²) in [6.07, 6.45) is 4.99. The van der Waals surface area contributed by atoms with Gasteiger partial charge in [0.15, 0.2) is 0 Å². The van der Waals surface area contributed by atoms with Gasteiger partial charge >= 0.3 is 0 Å². The summed E-state index contributed by atoms with van der Waals surface area (Å²) in [5.74, 6) is 0.311. The Balaban J connectivity index is 1.63. The number of rotatable bonds is 6. The predicted molar refractivity (Wildman–Crippen MR) is 112 cm³/mol. The molecule has 0 fully saturated rings. The molecule has 1 N–H and O–H groups in total. The zero-order chi connectivity index (χ0) is 20.2. The smallest absolute Gasteiger partial charge is 0.255 e. The highest BCUT2D eigenvalue weighted by Crippen LogP contribution is 2.25. The molecule has 0 spiro atoms. The molecule has 0 aliphatic heterocycles. The molecule has 0 aliphatic rings. The number of pyridine rings is 1. The highest BCUT2D eigenvalue weighted by molar-refractivity contribution is 7.13. The maximum absolute atomic E-state index is 12.8. The lowest BCUT2D eigenvalue weighted by atomic mass is 10.1. The van der Waals surface area contributed by atoms with Crippen LogP contribution in [0.15, 0.2) is 60.4 Å². The van der Waals surface area contributed by atoms with E-state index in [-0.39, 0.29) is 11.8 Å². The Hall–Kier alpha value is -3.39. The Morgan fingerprint density at radius 1 is 1.14 bits per heavy atom. The third-order valence-corrected chi connectivity index (χ3v) is 5.25. The number of nitrogens with one attached hydrogen (secondary N) is 1. The molecule has 4 aromatic rings. The van der Waals surface area contributed by atoms with E-state index >= 15 is 0 Å². The average molecular weight is 404 g/mol. The van der Waals surface area contributed by atoms with Crippen LogP contribution in [0.3, 0.4) is 0 Å². The van der Waals surface area contributed by atoms with Gasteiger partial charge in [-0.15, -0.1) is 11.3 Å². The molecule has 1 amide bonds. The lowest BCUT2D eigenvalue weighted by Gasteiger charge is -2.12. The summed E-state index contributed by atoms with van der Waals surface area (Å²) in [6.45, 7) is 4.39. The molecule has 4 aromatic heterocycles. The van der Waals surface area contributed by atoms with Gasteiger partial charge in [-0.25, -0.2) is 14.6 Å². The fourth-order valence-electron chi connectivity index (χ4n) is 3.03. The van der Waals surface area contributed by atoms with Gasteiger partial charge in [-0.3, -0.25) is 9.78 Å². The van der Waals surface area contributed by atoms with Crippen molar-refractivity contribution < 1.29 is 4.79 Å². The van der Waals surface area contributed by atoms with Crippen LogP contribution in [-0.2, 0) is 6.54 Å². The molecule has 0 unspecified atom stereocenters. The number of aromatic nitrogens is 5. The van der Waals surface area contributed by atoms with E-state index in [1.165, 1.54) is 0 Å². The molecule has 8 heteroatoms. The van der Waals surface area contributed by atoms with E-state index in [1.54, 1.807) is 34.6 Å². The van der Waals surface area contributed by atoms with Gasteiger partial charge in [0.25, 0.3) is 11.9 Å². The van der Waals surface area contributed by atoms with Gasteiger partial charge in [0.2, 0.25) is 0 Å². The third kappa shape index (κ3) is 4.07. The Bertz CT molecular complexity index is 1110. The molecule has 146 valence electrons. The summed E-state index contributed by atoms with van der Waals surface area (Å²) in [4.78, 5) is 27.1. The van der Waals surface area contributed by atoms with Crippen LogP contribution in [0.1, 0.15) is 41.5 Å². The molecule has 0 bridgehead atoms. The van der Waals surface area contributed by atoms with Crippen molar-refractivity contribution in [1.82, 2.24) is 30.0 Å². The standard InChI is InChI=1S/C21H20N6OS/c1-14(2)19-16(20(28)24-12-15-6-3-4-9-22-15)13-25-27(19)21-23-10-8-17(26-21)18-7-5-11-29-18/h3-11,13-14H,12H2,1-2H3,(H,24,28). The van der Waals surface area contributed by atoms with E-state index in [4.69, 9.17) is 0 Å². The zero-order valence-corrected chi connectivity index (χ0v) is 16.9. The number of hydrogen-bond acceptors (Lipinski definition) is 6. The van der Waals surface area contributed by atoms with Crippen molar-refractivity contribution in [3.63, 3.8) is 0 Å². The molecule has 0 saturated carbocycles. The number of nitrogens with zero attached hydrogens (tertiary/aromatic N) is 5. The lowest BCUT2D eigenvalue weighted by Crippen LogP contribution is -2.24. The summed E-state index contributed by atoms with van der Waals surface area (Å²) in [5, 5.41) is 9.35. The van der Waals surface area contributed by atoms with Gasteiger partial charge in [-0.2, -0.15) is 5.10 Å². The zero-order valence-electron chi connectivity index (χ0n) is 16.1. The first-order chi connectivity index (χ1) is 14.1. The largest absolute Gasteiger partial charge is 0.346 e. The molecule has 0 radical (unpaired) electrons. The summed E-state index contributed by atoms with van der Waals surface area (Å²) < 4.78 is 1.65. The van der Waals surface area contributed by atoms with Crippen LogP contribution in [0.4, 0.5) is 0 Å². The van der Waals surface area contributed by atoms with Gasteiger partial charge in [0, 0.05) is 12.4 Å². The number of hydrogen-bond donors (Lipinski definition) is 1. The quantitative estimate of drug-likeness (QED) is 0.528. The minimum absolute atomic E-state index is 0.0575. The van der Waals surface area contributed by atoms with Crippen LogP contribution >= 0.6 is 11.3 Å². The van der Waals surface area contributed by atoms with E-state index in [1.807, 2.05) is 55.6 Å². The molecule has 4 rings (SSSR count). The summed E-state index contributed by atoms with van der Waals surface area (Å²) in [7, 11) is 0. The van der Waals surface area contributed by atoms with Gasteiger partial charge < -0.3 is 5.32 Å². The average Bonchev–Trinajstić information content (AvgIpc) is 3.43. The Labute approximate surface area is 172 Å². The van der Waals surface area contributed by atoms with Gasteiger partial charge in [-0.05, 0) is 35.6 Å². The van der Waals surface area contributed by atoms with Gasteiger partial charge in [0.1, 0.15) is 0 Å². The van der Waals surface area contributed by atoms with Crippen LogP contribution in [0.25, 0.3) is 16.5 Å². The highest BCUT2D eigenvalue weighted by Gasteiger charge is 2.22. The fraction of sp³-hybridized carbons (Fsp3) is 0.190. The fourth-order valence-corrected chi connectivity index (χ4v) is 3.72. The first-order valence-corrected chi connectivity index (χ1v) is 10.1. The van der Waals surface area contributed by atoms with Crippen LogP contribution < -0.4 is 5.32 Å². The van der Waals surface area contributed by atoms with Crippen molar-refractivity contribution in [3.05, 3.63) is 77.3 Å². The summed E-state index contributed by atoms with van der Waals surface area (Å²) >= 11 is 1.62. The maximum atomic E-state index is 12.8. The lowest BCUT2D eigenvalue weighted by molar-refractivity contribution is 0.0949. The molecule has 7 nitrogen and oxygen atoms in total. The van der Waals surface area contributed by atoms with Crippen molar-refractivity contribution in [2.75, 3.05) is 0 Å². The van der Waals surface area contributed by atoms with E-state index in [0.29, 0.717) is 18.1 Å². The second-order valence-electron chi connectivity index (χ2n) is 6.73. The number of thiophene rings is 1. The summed E-state index contributed by atoms with van der Waals surface area (Å²) in [5.41, 5.74) is 2.91. The Morgan fingerprint density at radius 3 is 2.76 bits per heavy atom. The van der Waals surface area contributed by atoms with E-state index < -0.39 is 0 Å². The van der Waals surface area contributed by atoms with E-state index in [0.717, 1.165) is 22.0 Å². The predicted octanol–water partition coefficient (Wildman–Crippen LogP) is 3.84. The van der Waals surface area contributed by atoms with Crippen molar-refractivity contribution in [2.45, 2.75) is 26.3 Å². The molecule has 0 saturated heterocycles. The van der Waals surface area contributed by atoms with Crippen molar-refractivity contribution in [2.24, 2.45) is 0 Å². The minimum Gasteiger partial charge on any atom is -0.346 e. The first kappa shape index (κ1) is 18.9. The van der Waals surface area contributed by atoms with Crippen molar-refractivity contribution in [3.8, 4) is 16.5 Å². The highest BCUT2D eigenvalue weighted by atomic mass is 32.1. The number of amides is 1. The third-order valence-electron chi connectivity index (χ3n) is 4.36. The van der Waals surface area contributed by atoms with Crippen LogP contribution in [-0.4, -0.2) is 30.6 Å². The van der Waals surface area contributed by atoms with Crippen LogP contribution in [0.2, 0.25) is 0 Å². The van der Waals surface area contributed by atoms with Crippen molar-refractivity contribution >= 4 is 17.2 Å². The number of carbonyl (C=O) groups excluding carboxylic acids is 1. The number of carbonyl (C=O) groups is 1. The minimum atomic E-state index is -0.194. The molecular formula is C21H20N6OS. The second-order valence-corrected chi connectivity index (χ2v) is 7.68. The maximum Gasteiger partial charge on any atom is 0.255 e. The molecule has 0 atom stereocenters. The second kappa shape index (κ2) is 8.32. The SMILES string of the molecule is CC(C)c1c(C(=O)NCc2ccccn2)cnn1-c1nccc(-c2cccs2)n1. The van der Waals surface area contributed by atoms with E-state index in [9.17, 15) is 4.79 Å². The Kier molecular flexibility index (Phi) is 5.44.